The third kappa shape index (κ3) is 5.45. The van der Waals surface area contributed by atoms with Gasteiger partial charge in [0.15, 0.2) is 11.5 Å². The lowest BCUT2D eigenvalue weighted by atomic mass is 10.0. The fourth-order valence-electron chi connectivity index (χ4n) is 2.26. The molecule has 2 N–H and O–H groups in total. The lowest BCUT2D eigenvalue weighted by molar-refractivity contribution is -0.136. The summed E-state index contributed by atoms with van der Waals surface area (Å²) >= 11 is 0. The van der Waals surface area contributed by atoms with Gasteiger partial charge in [-0.25, -0.2) is 0 Å². The molecule has 3 nitrogen and oxygen atoms in total. The topological polar surface area (TPSA) is 44.5 Å². The second-order valence-corrected chi connectivity index (χ2v) is 5.44. The molecule has 0 aromatic heterocycles. The Labute approximate surface area is 139 Å². The molecule has 2 aromatic carbocycles. The zero-order chi connectivity index (χ0) is 17.6. The molecule has 24 heavy (non-hydrogen) atoms. The quantitative estimate of drug-likeness (QED) is 0.801. The minimum Gasteiger partial charge on any atom is -0.493 e. The van der Waals surface area contributed by atoms with E-state index >= 15 is 0 Å². The summed E-state index contributed by atoms with van der Waals surface area (Å²) in [5.41, 5.74) is 7.44. The van der Waals surface area contributed by atoms with Crippen LogP contribution in [0, 0.1) is 0 Å². The van der Waals surface area contributed by atoms with E-state index in [0.29, 0.717) is 23.7 Å². The number of hydrogen-bond acceptors (Lipinski definition) is 3. The fraction of sp³-hybridized carbons (Fsp3) is 0.333. The monoisotopic (exact) mass is 339 g/mol. The number of alkyl halides is 3. The van der Waals surface area contributed by atoms with Crippen LogP contribution in [0.1, 0.15) is 30.0 Å². The van der Waals surface area contributed by atoms with Crippen molar-refractivity contribution in [2.24, 2.45) is 5.73 Å². The van der Waals surface area contributed by atoms with Crippen LogP contribution in [0.3, 0.4) is 0 Å². The highest BCUT2D eigenvalue weighted by Gasteiger charge is 2.28. The highest BCUT2D eigenvalue weighted by Crippen LogP contribution is 2.33. The summed E-state index contributed by atoms with van der Waals surface area (Å²) in [6, 6.07) is 13.8. The summed E-state index contributed by atoms with van der Waals surface area (Å²) in [6.45, 7) is 0.332. The molecule has 0 heterocycles. The Morgan fingerprint density at radius 1 is 1.04 bits per heavy atom. The molecule has 0 spiro atoms. The number of nitrogens with two attached hydrogens (primary N) is 1. The minimum absolute atomic E-state index is 0.173. The predicted octanol–water partition coefficient (Wildman–Crippen LogP) is 4.62. The molecular weight excluding hydrogens is 319 g/mol. The van der Waals surface area contributed by atoms with Gasteiger partial charge in [-0.2, -0.15) is 13.2 Å². The molecule has 1 atom stereocenters. The van der Waals surface area contributed by atoms with Crippen molar-refractivity contribution in [2.75, 3.05) is 7.11 Å². The lowest BCUT2D eigenvalue weighted by Gasteiger charge is -2.17. The molecule has 0 saturated heterocycles. The van der Waals surface area contributed by atoms with E-state index in [1.165, 1.54) is 7.11 Å². The standard InChI is InChI=1S/C18H20F3NO2/c1-23-16-8-7-14(15(22)9-10-18(19,20)21)11-17(16)24-12-13-5-3-2-4-6-13/h2-8,11,15H,9-10,12,22H2,1H3/t15-/m0/s1. The number of hydrogen-bond donors (Lipinski definition) is 1. The minimum atomic E-state index is -4.21. The van der Waals surface area contributed by atoms with Crippen molar-refractivity contribution in [2.45, 2.75) is 31.7 Å². The first-order chi connectivity index (χ1) is 11.4. The Morgan fingerprint density at radius 3 is 2.38 bits per heavy atom. The van der Waals surface area contributed by atoms with Crippen LogP contribution in [0.25, 0.3) is 0 Å². The van der Waals surface area contributed by atoms with Gasteiger partial charge in [0, 0.05) is 12.5 Å². The van der Waals surface area contributed by atoms with Gasteiger partial charge < -0.3 is 15.2 Å². The summed E-state index contributed by atoms with van der Waals surface area (Å²) in [7, 11) is 1.51. The van der Waals surface area contributed by atoms with Gasteiger partial charge in [0.1, 0.15) is 6.61 Å². The van der Waals surface area contributed by atoms with E-state index in [9.17, 15) is 13.2 Å². The highest BCUT2D eigenvalue weighted by atomic mass is 19.4. The van der Waals surface area contributed by atoms with Crippen molar-refractivity contribution in [3.05, 3.63) is 59.7 Å². The molecule has 0 radical (unpaired) electrons. The first-order valence-electron chi connectivity index (χ1n) is 7.56. The molecular formula is C18H20F3NO2. The zero-order valence-corrected chi connectivity index (χ0v) is 13.3. The molecule has 2 rings (SSSR count). The molecule has 130 valence electrons. The van der Waals surface area contributed by atoms with E-state index in [-0.39, 0.29) is 6.42 Å². The predicted molar refractivity (Wildman–Crippen MR) is 86.0 cm³/mol. The fourth-order valence-corrected chi connectivity index (χ4v) is 2.26. The normalized spacial score (nSPS) is 12.7. The van der Waals surface area contributed by atoms with E-state index in [1.54, 1.807) is 18.2 Å². The van der Waals surface area contributed by atoms with Gasteiger partial charge in [0.05, 0.1) is 7.11 Å². The van der Waals surface area contributed by atoms with Gasteiger partial charge in [-0.3, -0.25) is 0 Å². The van der Waals surface area contributed by atoms with Gasteiger partial charge >= 0.3 is 6.18 Å². The molecule has 0 bridgehead atoms. The van der Waals surface area contributed by atoms with Crippen molar-refractivity contribution in [3.63, 3.8) is 0 Å². The van der Waals surface area contributed by atoms with Gasteiger partial charge in [-0.15, -0.1) is 0 Å². The summed E-state index contributed by atoms with van der Waals surface area (Å²) in [5.74, 6) is 0.971. The second kappa shape index (κ2) is 8.06. The van der Waals surface area contributed by atoms with Crippen molar-refractivity contribution >= 4 is 0 Å². The molecule has 0 aliphatic carbocycles. The Morgan fingerprint density at radius 2 is 1.75 bits per heavy atom. The van der Waals surface area contributed by atoms with E-state index in [1.807, 2.05) is 30.3 Å². The van der Waals surface area contributed by atoms with Crippen molar-refractivity contribution in [1.29, 1.82) is 0 Å². The number of halogens is 3. The number of benzene rings is 2. The van der Waals surface area contributed by atoms with Gasteiger partial charge in [-0.05, 0) is 29.7 Å². The average molecular weight is 339 g/mol. The first-order valence-corrected chi connectivity index (χ1v) is 7.56. The maximum absolute atomic E-state index is 12.3. The molecule has 0 fully saturated rings. The first kappa shape index (κ1) is 18.1. The van der Waals surface area contributed by atoms with Crippen molar-refractivity contribution in [3.8, 4) is 11.5 Å². The number of ether oxygens (including phenoxy) is 2. The molecule has 2 aromatic rings. The summed E-state index contributed by atoms with van der Waals surface area (Å²) in [4.78, 5) is 0. The van der Waals surface area contributed by atoms with Crippen LogP contribution in [-0.2, 0) is 6.61 Å². The van der Waals surface area contributed by atoms with Crippen molar-refractivity contribution in [1.82, 2.24) is 0 Å². The van der Waals surface area contributed by atoms with Gasteiger partial charge in [0.25, 0.3) is 0 Å². The third-order valence-corrected chi connectivity index (χ3v) is 3.59. The van der Waals surface area contributed by atoms with E-state index < -0.39 is 18.6 Å². The Kier molecular flexibility index (Phi) is 6.09. The SMILES string of the molecule is COc1ccc([C@@H](N)CCC(F)(F)F)cc1OCc1ccccc1. The molecule has 0 saturated carbocycles. The average Bonchev–Trinajstić information content (AvgIpc) is 2.57. The van der Waals surface area contributed by atoms with E-state index in [4.69, 9.17) is 15.2 Å². The summed E-state index contributed by atoms with van der Waals surface area (Å²) in [5, 5.41) is 0. The summed E-state index contributed by atoms with van der Waals surface area (Å²) < 4.78 is 48.0. The smallest absolute Gasteiger partial charge is 0.389 e. The highest BCUT2D eigenvalue weighted by molar-refractivity contribution is 5.44. The molecule has 6 heteroatoms. The summed E-state index contributed by atoms with van der Waals surface area (Å²) in [6.07, 6.45) is -5.30. The molecule has 0 aliphatic heterocycles. The molecule has 0 aliphatic rings. The van der Waals surface area contributed by atoms with Crippen LogP contribution < -0.4 is 15.2 Å². The number of methoxy groups -OCH3 is 1. The molecule has 0 amide bonds. The van der Waals surface area contributed by atoms with Gasteiger partial charge in [-0.1, -0.05) is 36.4 Å². The van der Waals surface area contributed by atoms with Crippen LogP contribution in [0.4, 0.5) is 13.2 Å². The maximum atomic E-state index is 12.3. The molecule has 0 unspecified atom stereocenters. The van der Waals surface area contributed by atoms with Crippen LogP contribution in [0.15, 0.2) is 48.5 Å². The zero-order valence-electron chi connectivity index (χ0n) is 13.3. The van der Waals surface area contributed by atoms with E-state index in [0.717, 1.165) is 5.56 Å². The lowest BCUT2D eigenvalue weighted by Crippen LogP contribution is -2.16. The Hall–Kier alpha value is -2.21. The van der Waals surface area contributed by atoms with Crippen LogP contribution in [0.2, 0.25) is 0 Å². The largest absolute Gasteiger partial charge is 0.493 e. The Bertz CT molecular complexity index is 644. The van der Waals surface area contributed by atoms with Crippen LogP contribution >= 0.6 is 0 Å². The second-order valence-electron chi connectivity index (χ2n) is 5.44. The van der Waals surface area contributed by atoms with Crippen molar-refractivity contribution < 1.29 is 22.6 Å². The van der Waals surface area contributed by atoms with Crippen LogP contribution in [-0.4, -0.2) is 13.3 Å². The van der Waals surface area contributed by atoms with Crippen LogP contribution in [0.5, 0.6) is 11.5 Å². The maximum Gasteiger partial charge on any atom is 0.389 e. The third-order valence-electron chi connectivity index (χ3n) is 3.59. The number of rotatable bonds is 7. The van der Waals surface area contributed by atoms with Gasteiger partial charge in [0.2, 0.25) is 0 Å². The Balaban J connectivity index is 2.09. The van der Waals surface area contributed by atoms with E-state index in [2.05, 4.69) is 0 Å².